The second kappa shape index (κ2) is 11.2. The summed E-state index contributed by atoms with van der Waals surface area (Å²) in [7, 11) is 0. The minimum absolute atomic E-state index is 0.0968. The lowest BCUT2D eigenvalue weighted by atomic mass is 10.0. The van der Waals surface area contributed by atoms with Crippen molar-refractivity contribution in [1.29, 1.82) is 0 Å². The van der Waals surface area contributed by atoms with Gasteiger partial charge in [-0.15, -0.1) is 0 Å². The van der Waals surface area contributed by atoms with E-state index in [-0.39, 0.29) is 24.5 Å². The molecule has 0 heterocycles. The van der Waals surface area contributed by atoms with Crippen LogP contribution in [-0.2, 0) is 16.1 Å². The molecule has 2 aromatic carbocycles. The fourth-order valence-corrected chi connectivity index (χ4v) is 4.29. The average molecular weight is 437 g/mol. The maximum atomic E-state index is 13.3. The van der Waals surface area contributed by atoms with E-state index in [2.05, 4.69) is 25.2 Å². The van der Waals surface area contributed by atoms with Crippen LogP contribution in [0.3, 0.4) is 0 Å². The fourth-order valence-electron chi connectivity index (χ4n) is 4.29. The largest absolute Gasteiger partial charge is 0.483 e. The lowest BCUT2D eigenvalue weighted by molar-refractivity contribution is -0.142. The van der Waals surface area contributed by atoms with Crippen LogP contribution in [0, 0.1) is 6.92 Å². The van der Waals surface area contributed by atoms with Crippen LogP contribution in [0.15, 0.2) is 48.5 Å². The molecule has 1 N–H and O–H groups in total. The van der Waals surface area contributed by atoms with Crippen molar-refractivity contribution in [2.45, 2.75) is 77.9 Å². The Morgan fingerprint density at radius 1 is 1.06 bits per heavy atom. The SMILES string of the molecule is Cc1cccc(CN(C(=O)COc2ccccc2C(C)C)[C@H](C)C(=O)NC2CCCC2)c1. The third-order valence-corrected chi connectivity index (χ3v) is 6.20. The molecule has 1 aliphatic carbocycles. The summed E-state index contributed by atoms with van der Waals surface area (Å²) >= 11 is 0. The van der Waals surface area contributed by atoms with Gasteiger partial charge in [-0.05, 0) is 49.8 Å². The molecule has 0 saturated heterocycles. The topological polar surface area (TPSA) is 58.6 Å². The Hall–Kier alpha value is -2.82. The normalized spacial score (nSPS) is 14.9. The molecule has 172 valence electrons. The summed E-state index contributed by atoms with van der Waals surface area (Å²) < 4.78 is 5.94. The summed E-state index contributed by atoms with van der Waals surface area (Å²) in [5, 5.41) is 3.14. The molecule has 5 heteroatoms. The van der Waals surface area contributed by atoms with Gasteiger partial charge in [-0.25, -0.2) is 0 Å². The first-order chi connectivity index (χ1) is 15.3. The zero-order valence-electron chi connectivity index (χ0n) is 19.8. The maximum Gasteiger partial charge on any atom is 0.261 e. The first-order valence-corrected chi connectivity index (χ1v) is 11.7. The molecule has 1 aliphatic rings. The van der Waals surface area contributed by atoms with Crippen LogP contribution in [0.25, 0.3) is 0 Å². The maximum absolute atomic E-state index is 13.3. The molecule has 0 aromatic heterocycles. The molecule has 32 heavy (non-hydrogen) atoms. The highest BCUT2D eigenvalue weighted by Gasteiger charge is 2.29. The van der Waals surface area contributed by atoms with E-state index in [1.54, 1.807) is 11.8 Å². The zero-order valence-corrected chi connectivity index (χ0v) is 19.8. The van der Waals surface area contributed by atoms with Gasteiger partial charge in [-0.1, -0.05) is 74.7 Å². The molecule has 0 aliphatic heterocycles. The van der Waals surface area contributed by atoms with E-state index in [0.717, 1.165) is 48.1 Å². The standard InChI is InChI=1S/C27H36N2O3/c1-19(2)24-14-7-8-15-25(24)32-18-26(30)29(17-22-11-9-10-20(3)16-22)21(4)27(31)28-23-12-5-6-13-23/h7-11,14-16,19,21,23H,5-6,12-13,17-18H2,1-4H3,(H,28,31)/t21-/m1/s1. The van der Waals surface area contributed by atoms with Gasteiger partial charge in [0.2, 0.25) is 5.91 Å². The molecule has 3 rings (SSSR count). The van der Waals surface area contributed by atoms with E-state index in [1.165, 1.54) is 0 Å². The number of ether oxygens (including phenoxy) is 1. The smallest absolute Gasteiger partial charge is 0.261 e. The van der Waals surface area contributed by atoms with Gasteiger partial charge in [-0.3, -0.25) is 9.59 Å². The van der Waals surface area contributed by atoms with E-state index in [0.29, 0.717) is 12.5 Å². The highest BCUT2D eigenvalue weighted by Crippen LogP contribution is 2.26. The van der Waals surface area contributed by atoms with E-state index in [1.807, 2.05) is 49.4 Å². The van der Waals surface area contributed by atoms with Crippen molar-refractivity contribution in [2.75, 3.05) is 6.61 Å². The van der Waals surface area contributed by atoms with Gasteiger partial charge in [0.05, 0.1) is 0 Å². The Morgan fingerprint density at radius 2 is 1.78 bits per heavy atom. The van der Waals surface area contributed by atoms with E-state index in [9.17, 15) is 9.59 Å². The molecule has 5 nitrogen and oxygen atoms in total. The number of carbonyl (C=O) groups is 2. The molecule has 0 radical (unpaired) electrons. The van der Waals surface area contributed by atoms with Crippen molar-refractivity contribution in [1.82, 2.24) is 10.2 Å². The quantitative estimate of drug-likeness (QED) is 0.604. The summed E-state index contributed by atoms with van der Waals surface area (Å²) in [6.45, 7) is 8.30. The number of hydrogen-bond acceptors (Lipinski definition) is 3. The first-order valence-electron chi connectivity index (χ1n) is 11.7. The van der Waals surface area contributed by atoms with Crippen LogP contribution in [0.2, 0.25) is 0 Å². The van der Waals surface area contributed by atoms with Gasteiger partial charge in [0.1, 0.15) is 11.8 Å². The van der Waals surface area contributed by atoms with Crippen LogP contribution in [-0.4, -0.2) is 35.4 Å². The molecule has 2 amide bonds. The first kappa shape index (κ1) is 23.8. The van der Waals surface area contributed by atoms with Crippen LogP contribution < -0.4 is 10.1 Å². The third-order valence-electron chi connectivity index (χ3n) is 6.20. The molecular formula is C27H36N2O3. The number of hydrogen-bond donors (Lipinski definition) is 1. The van der Waals surface area contributed by atoms with E-state index < -0.39 is 6.04 Å². The summed E-state index contributed by atoms with van der Waals surface area (Å²) in [4.78, 5) is 27.9. The molecule has 0 unspecified atom stereocenters. The van der Waals surface area contributed by atoms with E-state index >= 15 is 0 Å². The molecule has 1 fully saturated rings. The molecular weight excluding hydrogens is 400 g/mol. The van der Waals surface area contributed by atoms with E-state index in [4.69, 9.17) is 4.74 Å². The second-order valence-electron chi connectivity index (χ2n) is 9.16. The number of rotatable bonds is 9. The number of nitrogens with one attached hydrogen (secondary N) is 1. The van der Waals surface area contributed by atoms with Gasteiger partial charge in [-0.2, -0.15) is 0 Å². The Morgan fingerprint density at radius 3 is 2.47 bits per heavy atom. The third kappa shape index (κ3) is 6.35. The van der Waals surface area contributed by atoms with Gasteiger partial charge in [0, 0.05) is 12.6 Å². The molecule has 0 spiro atoms. The van der Waals surface area contributed by atoms with Gasteiger partial charge in [0.15, 0.2) is 6.61 Å². The molecule has 1 saturated carbocycles. The predicted molar refractivity (Wildman–Crippen MR) is 128 cm³/mol. The van der Waals surface area contributed by atoms with Crippen molar-refractivity contribution >= 4 is 11.8 Å². The number of carbonyl (C=O) groups excluding carboxylic acids is 2. The average Bonchev–Trinajstić information content (AvgIpc) is 3.28. The predicted octanol–water partition coefficient (Wildman–Crippen LogP) is 4.97. The van der Waals surface area contributed by atoms with Crippen molar-refractivity contribution in [3.8, 4) is 5.75 Å². The lowest BCUT2D eigenvalue weighted by Crippen LogP contribution is -2.50. The highest BCUT2D eigenvalue weighted by atomic mass is 16.5. The van der Waals surface area contributed by atoms with Gasteiger partial charge >= 0.3 is 0 Å². The Bertz CT molecular complexity index is 919. The highest BCUT2D eigenvalue weighted by molar-refractivity contribution is 5.88. The van der Waals surface area contributed by atoms with Crippen molar-refractivity contribution in [2.24, 2.45) is 0 Å². The monoisotopic (exact) mass is 436 g/mol. The van der Waals surface area contributed by atoms with Crippen LogP contribution in [0.1, 0.15) is 69.1 Å². The summed E-state index contributed by atoms with van der Waals surface area (Å²) in [6, 6.07) is 15.5. The van der Waals surface area contributed by atoms with Crippen molar-refractivity contribution in [3.05, 3.63) is 65.2 Å². The van der Waals surface area contributed by atoms with Crippen molar-refractivity contribution < 1.29 is 14.3 Å². The minimum Gasteiger partial charge on any atom is -0.483 e. The summed E-state index contributed by atoms with van der Waals surface area (Å²) in [6.07, 6.45) is 4.32. The number of amides is 2. The molecule has 0 bridgehead atoms. The van der Waals surface area contributed by atoms with Crippen LogP contribution in [0.5, 0.6) is 5.75 Å². The number of para-hydroxylation sites is 1. The Labute approximate surface area is 192 Å². The summed E-state index contributed by atoms with van der Waals surface area (Å²) in [5.41, 5.74) is 3.19. The van der Waals surface area contributed by atoms with Gasteiger partial charge < -0.3 is 15.0 Å². The Kier molecular flexibility index (Phi) is 8.32. The number of aryl methyl sites for hydroxylation is 1. The van der Waals surface area contributed by atoms with Crippen molar-refractivity contribution in [3.63, 3.8) is 0 Å². The molecule has 2 aromatic rings. The number of benzene rings is 2. The summed E-state index contributed by atoms with van der Waals surface area (Å²) in [5.74, 6) is 0.717. The van der Waals surface area contributed by atoms with Crippen LogP contribution >= 0.6 is 0 Å². The number of nitrogens with zero attached hydrogens (tertiary/aromatic N) is 1. The molecule has 1 atom stereocenters. The second-order valence-corrected chi connectivity index (χ2v) is 9.16. The van der Waals surface area contributed by atoms with Gasteiger partial charge in [0.25, 0.3) is 5.91 Å². The fraction of sp³-hybridized carbons (Fsp3) is 0.481. The Balaban J connectivity index is 1.74. The van der Waals surface area contributed by atoms with Crippen LogP contribution in [0.4, 0.5) is 0 Å². The zero-order chi connectivity index (χ0) is 23.1. The lowest BCUT2D eigenvalue weighted by Gasteiger charge is -2.30. The minimum atomic E-state index is -0.576.